The molecule has 0 fully saturated rings. The van der Waals surface area contributed by atoms with Crippen LogP contribution < -0.4 is 19.6 Å². The van der Waals surface area contributed by atoms with Crippen molar-refractivity contribution in [1.82, 2.24) is 4.57 Å². The van der Waals surface area contributed by atoms with Crippen molar-refractivity contribution < 1.29 is 14.3 Å². The number of hydrogen-bond acceptors (Lipinski definition) is 6. The highest BCUT2D eigenvalue weighted by atomic mass is 79.9. The van der Waals surface area contributed by atoms with E-state index in [4.69, 9.17) is 26.1 Å². The smallest absolute Gasteiger partial charge is 0.338 e. The predicted molar refractivity (Wildman–Crippen MR) is 177 cm³/mol. The lowest BCUT2D eigenvalue weighted by Crippen LogP contribution is -2.40. The van der Waals surface area contributed by atoms with E-state index in [-0.39, 0.29) is 12.2 Å². The lowest BCUT2D eigenvalue weighted by molar-refractivity contribution is -0.138. The summed E-state index contributed by atoms with van der Waals surface area (Å²) in [5.74, 6) is 0.168. The van der Waals surface area contributed by atoms with E-state index < -0.39 is 12.0 Å². The Balaban J connectivity index is 1.47. The van der Waals surface area contributed by atoms with Gasteiger partial charge in [-0.15, -0.1) is 0 Å². The quantitative estimate of drug-likeness (QED) is 0.166. The van der Waals surface area contributed by atoms with Gasteiger partial charge in [0.15, 0.2) is 4.80 Å². The zero-order valence-electron chi connectivity index (χ0n) is 23.6. The maximum Gasteiger partial charge on any atom is 0.338 e. The average molecular weight is 686 g/mol. The van der Waals surface area contributed by atoms with Crippen LogP contribution in [0.4, 0.5) is 0 Å². The van der Waals surface area contributed by atoms with Crippen molar-refractivity contribution in [2.45, 2.75) is 19.6 Å². The Morgan fingerprint density at radius 1 is 1.00 bits per heavy atom. The van der Waals surface area contributed by atoms with Crippen LogP contribution in [0.3, 0.4) is 0 Å². The van der Waals surface area contributed by atoms with Gasteiger partial charge in [0, 0.05) is 10.6 Å². The number of halogens is 2. The number of fused-ring (bicyclic) bond motifs is 1. The molecule has 0 radical (unpaired) electrons. The van der Waals surface area contributed by atoms with Crippen LogP contribution in [0.2, 0.25) is 5.02 Å². The first-order valence-electron chi connectivity index (χ1n) is 13.9. The fraction of sp³-hybridized carbons (Fsp3) is 0.114. The normalized spacial score (nSPS) is 14.6. The molecular formula is C35H26BrClN2O4S. The second kappa shape index (κ2) is 13.2. The van der Waals surface area contributed by atoms with E-state index in [1.54, 1.807) is 23.6 Å². The molecule has 6 nitrogen and oxygen atoms in total. The maximum atomic E-state index is 14.1. The number of thiazole rings is 1. The molecule has 0 N–H and O–H groups in total. The van der Waals surface area contributed by atoms with Gasteiger partial charge in [-0.2, -0.15) is 0 Å². The first kappa shape index (κ1) is 29.8. The van der Waals surface area contributed by atoms with Crippen LogP contribution in [0.15, 0.2) is 123 Å². The number of ether oxygens (including phenoxy) is 2. The van der Waals surface area contributed by atoms with Crippen molar-refractivity contribution in [3.05, 3.63) is 160 Å². The second-order valence-electron chi connectivity index (χ2n) is 9.95. The molecule has 5 aromatic rings. The Morgan fingerprint density at radius 2 is 1.70 bits per heavy atom. The highest BCUT2D eigenvalue weighted by molar-refractivity contribution is 9.10. The summed E-state index contributed by atoms with van der Waals surface area (Å²) in [6, 6.07) is 31.5. The monoisotopic (exact) mass is 684 g/mol. The molecule has 4 aromatic carbocycles. The largest absolute Gasteiger partial charge is 0.488 e. The molecule has 9 heteroatoms. The summed E-state index contributed by atoms with van der Waals surface area (Å²) < 4.78 is 14.3. The van der Waals surface area contributed by atoms with Crippen LogP contribution in [0, 0.1) is 0 Å². The number of hydrogen-bond donors (Lipinski definition) is 0. The SMILES string of the molecule is CCOC(=O)C1=C(c2ccccc2)N=c2s/c(=C/c3ccc(OCc4ccccc4)c(Br)c3)c(=O)n2C1c1ccc(Cl)cc1. The molecular weight excluding hydrogens is 660 g/mol. The van der Waals surface area contributed by atoms with E-state index in [0.29, 0.717) is 38.0 Å². The third-order valence-electron chi connectivity index (χ3n) is 7.05. The van der Waals surface area contributed by atoms with E-state index in [0.717, 1.165) is 26.7 Å². The zero-order chi connectivity index (χ0) is 30.6. The molecule has 0 aliphatic carbocycles. The molecule has 220 valence electrons. The summed E-state index contributed by atoms with van der Waals surface area (Å²) in [5.41, 5.74) is 3.85. The third kappa shape index (κ3) is 6.19. The average Bonchev–Trinajstić information content (AvgIpc) is 3.35. The minimum Gasteiger partial charge on any atom is -0.488 e. The fourth-order valence-electron chi connectivity index (χ4n) is 5.01. The minimum absolute atomic E-state index is 0.183. The minimum atomic E-state index is -0.763. The van der Waals surface area contributed by atoms with Crippen LogP contribution >= 0.6 is 38.9 Å². The summed E-state index contributed by atoms with van der Waals surface area (Å²) in [5, 5.41) is 0.549. The Morgan fingerprint density at radius 3 is 2.39 bits per heavy atom. The van der Waals surface area contributed by atoms with Crippen LogP contribution in [-0.2, 0) is 16.1 Å². The van der Waals surface area contributed by atoms with Gasteiger partial charge in [-0.1, -0.05) is 102 Å². The molecule has 1 atom stereocenters. The van der Waals surface area contributed by atoms with Gasteiger partial charge in [0.2, 0.25) is 0 Å². The first-order chi connectivity index (χ1) is 21.4. The Hall–Kier alpha value is -4.24. The molecule has 1 aromatic heterocycles. The molecule has 6 rings (SSSR count). The standard InChI is InChI=1S/C35H26BrClN2O4S/c1-2-42-34(41)30-31(24-11-7-4-8-12-24)38-35-39(32(30)25-14-16-26(37)17-15-25)33(40)29(44-35)20-23-13-18-28(27(36)19-23)43-21-22-9-5-3-6-10-22/h3-20,32H,2,21H2,1H3/b29-20+. The number of carbonyl (C=O) groups is 1. The highest BCUT2D eigenvalue weighted by Gasteiger charge is 2.35. The van der Waals surface area contributed by atoms with Crippen molar-refractivity contribution in [1.29, 1.82) is 0 Å². The summed E-state index contributed by atoms with van der Waals surface area (Å²) in [6.07, 6.45) is 1.82. The van der Waals surface area contributed by atoms with Crippen LogP contribution in [-0.4, -0.2) is 17.1 Å². The van der Waals surface area contributed by atoms with Gasteiger partial charge in [-0.25, -0.2) is 9.79 Å². The van der Waals surface area contributed by atoms with E-state index in [2.05, 4.69) is 15.9 Å². The molecule has 0 bridgehead atoms. The zero-order valence-corrected chi connectivity index (χ0v) is 26.7. The molecule has 0 saturated heterocycles. The molecule has 2 heterocycles. The first-order valence-corrected chi connectivity index (χ1v) is 15.9. The van der Waals surface area contributed by atoms with E-state index in [1.807, 2.05) is 97.1 Å². The molecule has 44 heavy (non-hydrogen) atoms. The van der Waals surface area contributed by atoms with E-state index >= 15 is 0 Å². The Kier molecular flexibility index (Phi) is 8.93. The van der Waals surface area contributed by atoms with Crippen molar-refractivity contribution in [2.24, 2.45) is 4.99 Å². The topological polar surface area (TPSA) is 69.9 Å². The number of rotatable bonds is 8. The van der Waals surface area contributed by atoms with Gasteiger partial charge in [0.25, 0.3) is 5.56 Å². The van der Waals surface area contributed by atoms with Crippen LogP contribution in [0.5, 0.6) is 5.75 Å². The lowest BCUT2D eigenvalue weighted by Gasteiger charge is -2.25. The molecule has 1 aliphatic rings. The molecule has 0 saturated carbocycles. The van der Waals surface area contributed by atoms with Gasteiger partial charge in [-0.3, -0.25) is 9.36 Å². The lowest BCUT2D eigenvalue weighted by atomic mass is 9.93. The van der Waals surface area contributed by atoms with Crippen molar-refractivity contribution in [3.8, 4) is 5.75 Å². The van der Waals surface area contributed by atoms with Crippen LogP contribution in [0.25, 0.3) is 11.8 Å². The van der Waals surface area contributed by atoms with Crippen LogP contribution in [0.1, 0.15) is 35.2 Å². The van der Waals surface area contributed by atoms with E-state index in [9.17, 15) is 9.59 Å². The molecule has 0 amide bonds. The highest BCUT2D eigenvalue weighted by Crippen LogP contribution is 2.35. The van der Waals surface area contributed by atoms with Gasteiger partial charge in [0.05, 0.1) is 32.9 Å². The Bertz CT molecular complexity index is 2040. The fourth-order valence-corrected chi connectivity index (χ4v) is 6.65. The van der Waals surface area contributed by atoms with Crippen molar-refractivity contribution in [2.75, 3.05) is 6.61 Å². The summed E-state index contributed by atoms with van der Waals surface area (Å²) in [4.78, 5) is 33.0. The Labute approximate surface area is 271 Å². The predicted octanol–water partition coefficient (Wildman–Crippen LogP) is 6.93. The number of nitrogens with zero attached hydrogens (tertiary/aromatic N) is 2. The number of aromatic nitrogens is 1. The molecule has 1 unspecified atom stereocenters. The number of carbonyl (C=O) groups excluding carboxylic acids is 1. The second-order valence-corrected chi connectivity index (χ2v) is 12.2. The number of esters is 1. The summed E-state index contributed by atoms with van der Waals surface area (Å²) in [6.45, 7) is 2.38. The summed E-state index contributed by atoms with van der Waals surface area (Å²) in [7, 11) is 0. The maximum absolute atomic E-state index is 14.1. The van der Waals surface area contributed by atoms with Crippen molar-refractivity contribution in [3.63, 3.8) is 0 Å². The third-order valence-corrected chi connectivity index (χ3v) is 8.90. The van der Waals surface area contributed by atoms with Gasteiger partial charge >= 0.3 is 5.97 Å². The van der Waals surface area contributed by atoms with Gasteiger partial charge in [-0.05, 0) is 69.9 Å². The van der Waals surface area contributed by atoms with Crippen molar-refractivity contribution >= 4 is 56.6 Å². The molecule has 0 spiro atoms. The van der Waals surface area contributed by atoms with Gasteiger partial charge in [0.1, 0.15) is 12.4 Å². The molecule has 1 aliphatic heterocycles. The van der Waals surface area contributed by atoms with Gasteiger partial charge < -0.3 is 9.47 Å². The van der Waals surface area contributed by atoms with E-state index in [1.165, 1.54) is 11.3 Å². The number of benzene rings is 4. The summed E-state index contributed by atoms with van der Waals surface area (Å²) >= 11 is 11.1.